The maximum atomic E-state index is 12.8. The zero-order chi connectivity index (χ0) is 44.9. The minimum Gasteiger partial charge on any atom is -0.462 e. The fourth-order valence-electron chi connectivity index (χ4n) is 6.74. The van der Waals surface area contributed by atoms with Gasteiger partial charge in [-0.15, -0.1) is 0 Å². The highest BCUT2D eigenvalue weighted by Crippen LogP contribution is 2.13. The van der Waals surface area contributed by atoms with Gasteiger partial charge in [-0.05, 0) is 116 Å². The van der Waals surface area contributed by atoms with E-state index in [0.717, 1.165) is 116 Å². The average Bonchev–Trinajstić information content (AvgIpc) is 3.27. The van der Waals surface area contributed by atoms with E-state index in [4.69, 9.17) is 14.2 Å². The molecule has 0 aliphatic carbocycles. The topological polar surface area (TPSA) is 61.8 Å². The maximum Gasteiger partial charge on any atom is 0.306 e. The number of carbonyl (C=O) groups excluding carboxylic acids is 2. The number of hydrogen-bond donors (Lipinski definition) is 0. The average molecular weight is 861 g/mol. The van der Waals surface area contributed by atoms with Crippen LogP contribution >= 0.6 is 0 Å². The lowest BCUT2D eigenvalue weighted by molar-refractivity contribution is -0.163. The van der Waals surface area contributed by atoms with Gasteiger partial charge in [0.05, 0.1) is 6.61 Å². The Hall–Kier alpha value is -3.18. The summed E-state index contributed by atoms with van der Waals surface area (Å²) in [6.07, 6.45) is 69.9. The molecule has 0 aliphatic heterocycles. The Balaban J connectivity index is 4.39. The number of allylic oxidation sites excluding steroid dienone is 16. The highest BCUT2D eigenvalue weighted by molar-refractivity contribution is 5.70. The molecule has 0 aromatic carbocycles. The van der Waals surface area contributed by atoms with Crippen LogP contribution in [0.15, 0.2) is 97.2 Å². The van der Waals surface area contributed by atoms with E-state index in [1.54, 1.807) is 0 Å². The molecule has 0 rings (SSSR count). The van der Waals surface area contributed by atoms with Crippen LogP contribution in [0.5, 0.6) is 0 Å². The molecule has 5 nitrogen and oxygen atoms in total. The first kappa shape index (κ1) is 58.8. The van der Waals surface area contributed by atoms with Gasteiger partial charge in [0.2, 0.25) is 0 Å². The number of ether oxygens (including phenoxy) is 3. The number of unbranched alkanes of at least 4 members (excludes halogenated alkanes) is 19. The summed E-state index contributed by atoms with van der Waals surface area (Å²) < 4.78 is 17.3. The van der Waals surface area contributed by atoms with Gasteiger partial charge >= 0.3 is 11.9 Å². The van der Waals surface area contributed by atoms with Crippen LogP contribution in [0.4, 0.5) is 0 Å². The second-order valence-electron chi connectivity index (χ2n) is 16.7. The van der Waals surface area contributed by atoms with Crippen LogP contribution in [-0.2, 0) is 23.8 Å². The Labute approximate surface area is 383 Å². The number of esters is 2. The first-order valence-corrected chi connectivity index (χ1v) is 25.8. The molecule has 0 N–H and O–H groups in total. The van der Waals surface area contributed by atoms with Crippen LogP contribution in [0.1, 0.15) is 226 Å². The van der Waals surface area contributed by atoms with Crippen molar-refractivity contribution in [2.75, 3.05) is 19.8 Å². The minimum atomic E-state index is -0.574. The van der Waals surface area contributed by atoms with Crippen LogP contribution in [-0.4, -0.2) is 37.9 Å². The van der Waals surface area contributed by atoms with Crippen LogP contribution in [0.2, 0.25) is 0 Å². The predicted molar refractivity (Wildman–Crippen MR) is 270 cm³/mol. The smallest absolute Gasteiger partial charge is 0.306 e. The highest BCUT2D eigenvalue weighted by Gasteiger charge is 2.17. The summed E-state index contributed by atoms with van der Waals surface area (Å²) in [7, 11) is 0. The zero-order valence-corrected chi connectivity index (χ0v) is 40.6. The Kier molecular flexibility index (Phi) is 49.5. The van der Waals surface area contributed by atoms with E-state index in [2.05, 4.69) is 118 Å². The van der Waals surface area contributed by atoms with Crippen LogP contribution < -0.4 is 0 Å². The van der Waals surface area contributed by atoms with Crippen LogP contribution in [0.25, 0.3) is 0 Å². The van der Waals surface area contributed by atoms with Crippen molar-refractivity contribution < 1.29 is 23.8 Å². The van der Waals surface area contributed by atoms with Gasteiger partial charge in [0.1, 0.15) is 6.61 Å². The van der Waals surface area contributed by atoms with Crippen molar-refractivity contribution in [3.8, 4) is 0 Å². The van der Waals surface area contributed by atoms with E-state index >= 15 is 0 Å². The molecular weight excluding hydrogens is 765 g/mol. The number of carbonyl (C=O) groups is 2. The van der Waals surface area contributed by atoms with Gasteiger partial charge in [-0.25, -0.2) is 0 Å². The summed E-state index contributed by atoms with van der Waals surface area (Å²) in [6, 6.07) is 0. The molecular formula is C57H96O5. The van der Waals surface area contributed by atoms with E-state index in [9.17, 15) is 9.59 Å². The number of rotatable bonds is 46. The monoisotopic (exact) mass is 861 g/mol. The van der Waals surface area contributed by atoms with E-state index in [0.29, 0.717) is 19.4 Å². The fraction of sp³-hybridized carbons (Fsp3) is 0.684. The summed E-state index contributed by atoms with van der Waals surface area (Å²) in [5.74, 6) is -0.451. The lowest BCUT2D eigenvalue weighted by Crippen LogP contribution is -2.30. The molecule has 1 atom stereocenters. The summed E-state index contributed by atoms with van der Waals surface area (Å²) in [5, 5.41) is 0. The van der Waals surface area contributed by atoms with Crippen molar-refractivity contribution in [2.24, 2.45) is 0 Å². The Morgan fingerprint density at radius 1 is 0.371 bits per heavy atom. The van der Waals surface area contributed by atoms with Crippen molar-refractivity contribution in [3.05, 3.63) is 97.2 Å². The lowest BCUT2D eigenvalue weighted by atomic mass is 10.1. The second kappa shape index (κ2) is 52.2. The minimum absolute atomic E-state index is 0.0532. The molecule has 0 aliphatic rings. The first-order chi connectivity index (χ1) is 30.6. The molecule has 0 radical (unpaired) electrons. The van der Waals surface area contributed by atoms with Crippen molar-refractivity contribution in [3.63, 3.8) is 0 Å². The normalized spacial score (nSPS) is 13.0. The standard InChI is InChI=1S/C57H96O5/c1-4-7-10-13-16-19-22-25-27-28-29-31-34-37-40-43-46-49-52-60-53-55(62-57(59)51-48-45-42-39-36-32-24-21-18-15-12-9-6-3)54-61-56(58)50-47-44-41-38-35-33-30-26-23-20-17-14-11-8-5-2/h7,10,12,15-16,19,21,24-27,29-31,37,40,55H,4-6,8-9,11,13-14,17-18,20,22-23,28,32-36,38-39,41-54H2,1-3H3/b10-7-,15-12-,19-16-,24-21-,27-25-,30-26-,31-29-,40-37-. The zero-order valence-electron chi connectivity index (χ0n) is 40.6. The predicted octanol–water partition coefficient (Wildman–Crippen LogP) is 17.5. The molecule has 0 aromatic heterocycles. The third kappa shape index (κ3) is 49.5. The van der Waals surface area contributed by atoms with E-state index < -0.39 is 6.10 Å². The largest absolute Gasteiger partial charge is 0.462 e. The van der Waals surface area contributed by atoms with Gasteiger partial charge in [0.25, 0.3) is 0 Å². The second-order valence-corrected chi connectivity index (χ2v) is 16.7. The van der Waals surface area contributed by atoms with Crippen LogP contribution in [0.3, 0.4) is 0 Å². The van der Waals surface area contributed by atoms with Gasteiger partial charge in [0.15, 0.2) is 6.10 Å². The molecule has 0 spiro atoms. The van der Waals surface area contributed by atoms with E-state index in [1.165, 1.54) is 77.0 Å². The summed E-state index contributed by atoms with van der Waals surface area (Å²) in [5.41, 5.74) is 0. The van der Waals surface area contributed by atoms with Crippen LogP contribution in [0, 0.1) is 0 Å². The van der Waals surface area contributed by atoms with Gasteiger partial charge in [0, 0.05) is 19.4 Å². The number of hydrogen-bond acceptors (Lipinski definition) is 5. The Bertz CT molecular complexity index is 1200. The molecule has 0 bridgehead atoms. The van der Waals surface area contributed by atoms with Crippen molar-refractivity contribution in [1.29, 1.82) is 0 Å². The SMILES string of the molecule is CC/C=C\C/C=C\C/C=C\C/C=C\C/C=C\CCCCOCC(COC(=O)CCCCCCC/C=C\CCCCCCCC)OC(=O)CCCCCCC/C=C\C/C=C\CCC. The summed E-state index contributed by atoms with van der Waals surface area (Å²) >= 11 is 0. The molecule has 354 valence electrons. The molecule has 0 amide bonds. The quantitative estimate of drug-likeness (QED) is 0.0347. The first-order valence-electron chi connectivity index (χ1n) is 25.8. The Morgan fingerprint density at radius 2 is 0.758 bits per heavy atom. The summed E-state index contributed by atoms with van der Waals surface area (Å²) in [4.78, 5) is 25.4. The van der Waals surface area contributed by atoms with E-state index in [-0.39, 0.29) is 25.2 Å². The molecule has 0 heterocycles. The molecule has 1 unspecified atom stereocenters. The molecule has 5 heteroatoms. The van der Waals surface area contributed by atoms with Crippen molar-refractivity contribution in [2.45, 2.75) is 232 Å². The third-order valence-corrected chi connectivity index (χ3v) is 10.6. The molecule has 0 saturated heterocycles. The van der Waals surface area contributed by atoms with Gasteiger partial charge in [-0.3, -0.25) is 9.59 Å². The van der Waals surface area contributed by atoms with E-state index in [1.807, 2.05) is 0 Å². The maximum absolute atomic E-state index is 12.8. The molecule has 0 saturated carbocycles. The fourth-order valence-corrected chi connectivity index (χ4v) is 6.74. The van der Waals surface area contributed by atoms with Gasteiger partial charge in [-0.1, -0.05) is 195 Å². The van der Waals surface area contributed by atoms with Gasteiger partial charge in [-0.2, -0.15) is 0 Å². The van der Waals surface area contributed by atoms with Crippen molar-refractivity contribution >= 4 is 11.9 Å². The molecule has 0 aromatic rings. The lowest BCUT2D eigenvalue weighted by Gasteiger charge is -2.18. The molecule has 0 fully saturated rings. The highest BCUT2D eigenvalue weighted by atomic mass is 16.6. The molecule has 62 heavy (non-hydrogen) atoms. The third-order valence-electron chi connectivity index (χ3n) is 10.6. The Morgan fingerprint density at radius 3 is 1.24 bits per heavy atom. The van der Waals surface area contributed by atoms with Gasteiger partial charge < -0.3 is 14.2 Å². The summed E-state index contributed by atoms with van der Waals surface area (Å²) in [6.45, 7) is 7.52. The van der Waals surface area contributed by atoms with Crippen molar-refractivity contribution in [1.82, 2.24) is 0 Å².